The van der Waals surface area contributed by atoms with E-state index in [4.69, 9.17) is 0 Å². The number of hydrogen-bond donors (Lipinski definition) is 0. The molecule has 0 spiro atoms. The van der Waals surface area contributed by atoms with Gasteiger partial charge in [0.1, 0.15) is 0 Å². The highest BCUT2D eigenvalue weighted by Crippen LogP contribution is 2.27. The highest BCUT2D eigenvalue weighted by atomic mass is 32.2. The normalized spacial score (nSPS) is 11.0. The van der Waals surface area contributed by atoms with E-state index in [2.05, 4.69) is 88.3 Å². The zero-order chi connectivity index (χ0) is 19.5. The number of nitrogens with zero attached hydrogens (tertiary/aromatic N) is 4. The first-order valence-electron chi connectivity index (χ1n) is 9.42. The van der Waals surface area contributed by atoms with E-state index in [9.17, 15) is 0 Å². The van der Waals surface area contributed by atoms with Crippen LogP contribution in [0.2, 0.25) is 0 Å². The largest absolute Gasteiger partial charge is 0.214 e. The number of benzene rings is 4. The van der Waals surface area contributed by atoms with E-state index in [-0.39, 0.29) is 0 Å². The van der Waals surface area contributed by atoms with E-state index >= 15 is 0 Å². The number of hydrogen-bond acceptors (Lipinski definition) is 4. The first-order valence-corrected chi connectivity index (χ1v) is 10.4. The Morgan fingerprint density at radius 3 is 2.28 bits per heavy atom. The number of fused-ring (bicyclic) bond motifs is 1. The molecule has 0 unspecified atom stereocenters. The molecular weight excluding hydrogens is 376 g/mol. The molecule has 29 heavy (non-hydrogen) atoms. The summed E-state index contributed by atoms with van der Waals surface area (Å²) in [5.41, 5.74) is 4.68. The number of rotatable bonds is 5. The van der Waals surface area contributed by atoms with Gasteiger partial charge in [0.05, 0.1) is 5.69 Å². The minimum absolute atomic E-state index is 0.786. The average molecular weight is 395 g/mol. The van der Waals surface area contributed by atoms with Crippen LogP contribution in [0.3, 0.4) is 0 Å². The van der Waals surface area contributed by atoms with Crippen LogP contribution in [0.15, 0.2) is 102 Å². The highest BCUT2D eigenvalue weighted by Gasteiger charge is 2.12. The molecule has 4 aromatic carbocycles. The first kappa shape index (κ1) is 17.6. The second-order valence-electron chi connectivity index (χ2n) is 6.72. The van der Waals surface area contributed by atoms with Crippen molar-refractivity contribution in [3.8, 4) is 16.8 Å². The minimum Gasteiger partial charge on any atom is -0.187 e. The van der Waals surface area contributed by atoms with Gasteiger partial charge in [-0.3, -0.25) is 0 Å². The maximum atomic E-state index is 4.24. The summed E-state index contributed by atoms with van der Waals surface area (Å²) in [7, 11) is 0. The van der Waals surface area contributed by atoms with Crippen LogP contribution in [-0.4, -0.2) is 20.2 Å². The number of tetrazole rings is 1. The molecular formula is C24H18N4S. The Kier molecular flexibility index (Phi) is 4.80. The quantitative estimate of drug-likeness (QED) is 0.355. The fourth-order valence-corrected chi connectivity index (χ4v) is 4.22. The summed E-state index contributed by atoms with van der Waals surface area (Å²) in [6, 6.07) is 33.6. The lowest BCUT2D eigenvalue weighted by molar-refractivity contribution is 0.761. The van der Waals surface area contributed by atoms with Crippen LogP contribution in [-0.2, 0) is 5.75 Å². The Balaban J connectivity index is 1.37. The van der Waals surface area contributed by atoms with E-state index in [0.717, 1.165) is 22.0 Å². The zero-order valence-corrected chi connectivity index (χ0v) is 16.5. The number of aromatic nitrogens is 4. The van der Waals surface area contributed by atoms with Gasteiger partial charge >= 0.3 is 0 Å². The Bertz CT molecular complexity index is 1240. The SMILES string of the molecule is c1ccc(-c2ccc(CSc3nnnn3-c3cccc4ccccc34)cc2)cc1. The summed E-state index contributed by atoms with van der Waals surface area (Å²) in [5.74, 6) is 0.806. The molecule has 0 N–H and O–H groups in total. The van der Waals surface area contributed by atoms with Gasteiger partial charge in [-0.1, -0.05) is 103 Å². The fourth-order valence-electron chi connectivity index (χ4n) is 3.39. The fraction of sp³-hybridized carbons (Fsp3) is 0.0417. The Morgan fingerprint density at radius 2 is 1.41 bits per heavy atom. The van der Waals surface area contributed by atoms with Crippen LogP contribution < -0.4 is 0 Å². The van der Waals surface area contributed by atoms with Crippen molar-refractivity contribution in [2.75, 3.05) is 0 Å². The molecule has 4 nitrogen and oxygen atoms in total. The number of thioether (sulfide) groups is 1. The Hall–Kier alpha value is -3.44. The molecule has 5 rings (SSSR count). The van der Waals surface area contributed by atoms with Crippen LogP contribution in [0.5, 0.6) is 0 Å². The first-order chi connectivity index (χ1) is 14.4. The molecule has 0 amide bonds. The Morgan fingerprint density at radius 1 is 0.690 bits per heavy atom. The Labute approximate surface area is 173 Å². The van der Waals surface area contributed by atoms with Gasteiger partial charge in [0.25, 0.3) is 0 Å². The molecule has 0 aliphatic rings. The summed E-state index contributed by atoms with van der Waals surface area (Å²) in [6.07, 6.45) is 0. The molecule has 0 saturated heterocycles. The average Bonchev–Trinajstić information content (AvgIpc) is 3.27. The lowest BCUT2D eigenvalue weighted by Crippen LogP contribution is -2.00. The van der Waals surface area contributed by atoms with Gasteiger partial charge in [-0.05, 0) is 38.6 Å². The molecule has 0 aliphatic heterocycles. The predicted molar refractivity (Wildman–Crippen MR) is 118 cm³/mol. The van der Waals surface area contributed by atoms with Crippen LogP contribution in [0.25, 0.3) is 27.6 Å². The lowest BCUT2D eigenvalue weighted by atomic mass is 10.0. The molecule has 0 radical (unpaired) electrons. The summed E-state index contributed by atoms with van der Waals surface area (Å²) in [5, 5.41) is 15.5. The topological polar surface area (TPSA) is 43.6 Å². The lowest BCUT2D eigenvalue weighted by Gasteiger charge is -2.08. The van der Waals surface area contributed by atoms with Crippen molar-refractivity contribution in [2.45, 2.75) is 10.9 Å². The molecule has 0 bridgehead atoms. The molecule has 140 valence electrons. The third-order valence-corrected chi connectivity index (χ3v) is 5.86. The van der Waals surface area contributed by atoms with E-state index in [0.29, 0.717) is 0 Å². The van der Waals surface area contributed by atoms with E-state index < -0.39 is 0 Å². The van der Waals surface area contributed by atoms with Crippen molar-refractivity contribution in [2.24, 2.45) is 0 Å². The van der Waals surface area contributed by atoms with Crippen LogP contribution in [0.4, 0.5) is 0 Å². The van der Waals surface area contributed by atoms with Gasteiger partial charge in [0.2, 0.25) is 5.16 Å². The highest BCUT2D eigenvalue weighted by molar-refractivity contribution is 7.98. The third kappa shape index (κ3) is 3.65. The van der Waals surface area contributed by atoms with Gasteiger partial charge in [-0.2, -0.15) is 4.68 Å². The maximum Gasteiger partial charge on any atom is 0.214 e. The summed E-state index contributed by atoms with van der Waals surface area (Å²) < 4.78 is 1.82. The molecule has 0 atom stereocenters. The van der Waals surface area contributed by atoms with Gasteiger partial charge in [0.15, 0.2) is 0 Å². The van der Waals surface area contributed by atoms with Gasteiger partial charge in [0, 0.05) is 11.1 Å². The van der Waals surface area contributed by atoms with Crippen molar-refractivity contribution >= 4 is 22.5 Å². The van der Waals surface area contributed by atoms with Crippen molar-refractivity contribution in [3.05, 3.63) is 103 Å². The molecule has 5 heteroatoms. The van der Waals surface area contributed by atoms with E-state index in [1.807, 2.05) is 28.9 Å². The van der Waals surface area contributed by atoms with E-state index in [1.54, 1.807) is 11.8 Å². The molecule has 0 fully saturated rings. The second-order valence-corrected chi connectivity index (χ2v) is 7.67. The van der Waals surface area contributed by atoms with Crippen LogP contribution >= 0.6 is 11.8 Å². The maximum absolute atomic E-state index is 4.24. The molecule has 1 heterocycles. The van der Waals surface area contributed by atoms with Crippen molar-refractivity contribution in [3.63, 3.8) is 0 Å². The van der Waals surface area contributed by atoms with Crippen molar-refractivity contribution in [1.82, 2.24) is 20.2 Å². The second kappa shape index (κ2) is 7.89. The van der Waals surface area contributed by atoms with Crippen LogP contribution in [0.1, 0.15) is 5.56 Å². The minimum atomic E-state index is 0.786. The van der Waals surface area contributed by atoms with Gasteiger partial charge < -0.3 is 0 Å². The van der Waals surface area contributed by atoms with E-state index in [1.165, 1.54) is 22.1 Å². The standard InChI is InChI=1S/C24H18N4S/c1-2-7-19(8-3-1)20-15-13-18(14-16-20)17-29-24-25-26-27-28(24)23-12-6-10-21-9-4-5-11-22(21)23/h1-16H,17H2. The summed E-state index contributed by atoms with van der Waals surface area (Å²) in [4.78, 5) is 0. The van der Waals surface area contributed by atoms with Gasteiger partial charge in [-0.15, -0.1) is 5.10 Å². The zero-order valence-electron chi connectivity index (χ0n) is 15.6. The summed E-state index contributed by atoms with van der Waals surface area (Å²) >= 11 is 1.64. The monoisotopic (exact) mass is 394 g/mol. The molecule has 1 aromatic heterocycles. The molecule has 0 aliphatic carbocycles. The predicted octanol–water partition coefficient (Wildman–Crippen LogP) is 5.77. The van der Waals surface area contributed by atoms with Crippen LogP contribution in [0, 0.1) is 0 Å². The third-order valence-electron chi connectivity index (χ3n) is 4.86. The summed E-state index contributed by atoms with van der Waals surface area (Å²) in [6.45, 7) is 0. The molecule has 5 aromatic rings. The van der Waals surface area contributed by atoms with Gasteiger partial charge in [-0.25, -0.2) is 0 Å². The smallest absolute Gasteiger partial charge is 0.187 e. The van der Waals surface area contributed by atoms with Crippen molar-refractivity contribution in [1.29, 1.82) is 0 Å². The van der Waals surface area contributed by atoms with Crippen molar-refractivity contribution < 1.29 is 0 Å². The molecule has 0 saturated carbocycles.